The van der Waals surface area contributed by atoms with Gasteiger partial charge < -0.3 is 10.0 Å². The van der Waals surface area contributed by atoms with Crippen LogP contribution in [0.4, 0.5) is 0 Å². The van der Waals surface area contributed by atoms with Crippen LogP contribution in [-0.2, 0) is 4.79 Å². The number of carbonyl (C=O) groups excluding carboxylic acids is 1. The summed E-state index contributed by atoms with van der Waals surface area (Å²) >= 11 is 0. The molecule has 2 aromatic rings. The third-order valence-electron chi connectivity index (χ3n) is 4.16. The summed E-state index contributed by atoms with van der Waals surface area (Å²) in [6, 6.07) is 11.6. The molecule has 0 saturated heterocycles. The Balaban J connectivity index is 1.91. The normalized spacial score (nSPS) is 14.8. The summed E-state index contributed by atoms with van der Waals surface area (Å²) in [5, 5.41) is 13.3. The fourth-order valence-corrected chi connectivity index (χ4v) is 2.58. The lowest BCUT2D eigenvalue weighted by Gasteiger charge is -2.24. The van der Waals surface area contributed by atoms with Gasteiger partial charge in [0.2, 0.25) is 0 Å². The lowest BCUT2D eigenvalue weighted by Crippen LogP contribution is -2.39. The molecule has 0 spiro atoms. The molecular formula is C18H19N3O4. The van der Waals surface area contributed by atoms with Crippen molar-refractivity contribution >= 4 is 11.9 Å². The van der Waals surface area contributed by atoms with E-state index in [4.69, 9.17) is 5.11 Å². The van der Waals surface area contributed by atoms with Crippen molar-refractivity contribution in [3.63, 3.8) is 0 Å². The van der Waals surface area contributed by atoms with Crippen LogP contribution >= 0.6 is 0 Å². The summed E-state index contributed by atoms with van der Waals surface area (Å²) in [4.78, 5) is 37.6. The monoisotopic (exact) mass is 341 g/mol. The van der Waals surface area contributed by atoms with Crippen molar-refractivity contribution in [1.82, 2.24) is 14.7 Å². The second kappa shape index (κ2) is 6.88. The standard InChI is InChI=1S/C18H19N3O4/c1-12(18(24)25)11-20(13-7-8-13)17(23)15-9-10-16(22)21(19-15)14-5-3-2-4-6-14/h2-6,9-10,12-13H,7-8,11H2,1H3,(H,24,25). The molecular weight excluding hydrogens is 322 g/mol. The number of aromatic nitrogens is 2. The summed E-state index contributed by atoms with van der Waals surface area (Å²) in [6.07, 6.45) is 1.72. The molecule has 1 aliphatic rings. The van der Waals surface area contributed by atoms with E-state index in [1.165, 1.54) is 16.8 Å². The van der Waals surface area contributed by atoms with Gasteiger partial charge in [0.25, 0.3) is 11.5 Å². The summed E-state index contributed by atoms with van der Waals surface area (Å²) < 4.78 is 1.18. The summed E-state index contributed by atoms with van der Waals surface area (Å²) in [5.74, 6) is -1.95. The fraction of sp³-hybridized carbons (Fsp3) is 0.333. The van der Waals surface area contributed by atoms with E-state index in [1.807, 2.05) is 6.07 Å². The van der Waals surface area contributed by atoms with E-state index >= 15 is 0 Å². The minimum Gasteiger partial charge on any atom is -0.481 e. The van der Waals surface area contributed by atoms with Gasteiger partial charge in [0, 0.05) is 18.7 Å². The van der Waals surface area contributed by atoms with Crippen molar-refractivity contribution in [3.8, 4) is 5.69 Å². The Kier molecular flexibility index (Phi) is 4.65. The van der Waals surface area contributed by atoms with Crippen LogP contribution in [0.15, 0.2) is 47.3 Å². The first-order valence-corrected chi connectivity index (χ1v) is 8.17. The molecule has 1 aliphatic carbocycles. The van der Waals surface area contributed by atoms with Gasteiger partial charge >= 0.3 is 5.97 Å². The zero-order chi connectivity index (χ0) is 18.0. The quantitative estimate of drug-likeness (QED) is 0.861. The SMILES string of the molecule is CC(CN(C(=O)c1ccc(=O)n(-c2ccccc2)n1)C1CC1)C(=O)O. The average Bonchev–Trinajstić information content (AvgIpc) is 3.45. The highest BCUT2D eigenvalue weighted by Gasteiger charge is 2.35. The minimum atomic E-state index is -0.944. The highest BCUT2D eigenvalue weighted by molar-refractivity contribution is 5.92. The predicted octanol–water partition coefficient (Wildman–Crippen LogP) is 1.56. The molecule has 1 fully saturated rings. The number of hydrogen-bond donors (Lipinski definition) is 1. The van der Waals surface area contributed by atoms with Gasteiger partial charge in [-0.3, -0.25) is 14.4 Å². The Morgan fingerprint density at radius 2 is 1.92 bits per heavy atom. The number of amides is 1. The number of carboxylic acid groups (broad SMARTS) is 1. The van der Waals surface area contributed by atoms with Gasteiger partial charge in [-0.25, -0.2) is 0 Å². The molecule has 25 heavy (non-hydrogen) atoms. The second-order valence-electron chi connectivity index (χ2n) is 6.23. The number of carboxylic acids is 1. The molecule has 130 valence electrons. The van der Waals surface area contributed by atoms with Crippen molar-refractivity contribution < 1.29 is 14.7 Å². The van der Waals surface area contributed by atoms with Crippen LogP contribution in [0.2, 0.25) is 0 Å². The van der Waals surface area contributed by atoms with Crippen LogP contribution in [0.3, 0.4) is 0 Å². The minimum absolute atomic E-state index is 0.0493. The van der Waals surface area contributed by atoms with Gasteiger partial charge in [-0.1, -0.05) is 25.1 Å². The topological polar surface area (TPSA) is 92.5 Å². The van der Waals surface area contributed by atoms with Crippen LogP contribution in [0.5, 0.6) is 0 Å². The maximum Gasteiger partial charge on any atom is 0.308 e. The molecule has 7 heteroatoms. The molecule has 1 unspecified atom stereocenters. The Morgan fingerprint density at radius 1 is 1.24 bits per heavy atom. The molecule has 3 rings (SSSR count). The lowest BCUT2D eigenvalue weighted by molar-refractivity contribution is -0.141. The fourth-order valence-electron chi connectivity index (χ4n) is 2.58. The highest BCUT2D eigenvalue weighted by atomic mass is 16.4. The number of rotatable bonds is 6. The van der Waals surface area contributed by atoms with Crippen molar-refractivity contribution in [3.05, 3.63) is 58.5 Å². The first kappa shape index (κ1) is 16.9. The molecule has 7 nitrogen and oxygen atoms in total. The maximum absolute atomic E-state index is 12.8. The molecule has 0 radical (unpaired) electrons. The smallest absolute Gasteiger partial charge is 0.308 e. The first-order chi connectivity index (χ1) is 12.0. The van der Waals surface area contributed by atoms with Gasteiger partial charge in [0.15, 0.2) is 0 Å². The molecule has 0 bridgehead atoms. The van der Waals surface area contributed by atoms with Crippen LogP contribution in [0.1, 0.15) is 30.3 Å². The molecule has 1 atom stereocenters. The van der Waals surface area contributed by atoms with E-state index in [1.54, 1.807) is 36.1 Å². The van der Waals surface area contributed by atoms with E-state index in [0.29, 0.717) is 5.69 Å². The van der Waals surface area contributed by atoms with E-state index in [0.717, 1.165) is 12.8 Å². The van der Waals surface area contributed by atoms with Crippen molar-refractivity contribution in [2.75, 3.05) is 6.54 Å². The Hall–Kier alpha value is -2.96. The van der Waals surface area contributed by atoms with Crippen LogP contribution in [0.25, 0.3) is 5.69 Å². The van der Waals surface area contributed by atoms with Crippen molar-refractivity contribution in [2.45, 2.75) is 25.8 Å². The predicted molar refractivity (Wildman–Crippen MR) is 90.7 cm³/mol. The van der Waals surface area contributed by atoms with E-state index in [-0.39, 0.29) is 29.7 Å². The molecule has 0 aliphatic heterocycles. The molecule has 1 saturated carbocycles. The highest BCUT2D eigenvalue weighted by Crippen LogP contribution is 2.28. The van der Waals surface area contributed by atoms with Crippen molar-refractivity contribution in [1.29, 1.82) is 0 Å². The number of nitrogens with zero attached hydrogens (tertiary/aromatic N) is 3. The number of hydrogen-bond acceptors (Lipinski definition) is 4. The molecule has 1 heterocycles. The third kappa shape index (κ3) is 3.76. The third-order valence-corrected chi connectivity index (χ3v) is 4.16. The Morgan fingerprint density at radius 3 is 2.52 bits per heavy atom. The summed E-state index contributed by atoms with van der Waals surface area (Å²) in [6.45, 7) is 1.70. The number of benzene rings is 1. The number of carbonyl (C=O) groups is 2. The van der Waals surface area contributed by atoms with Crippen LogP contribution in [0, 0.1) is 5.92 Å². The lowest BCUT2D eigenvalue weighted by atomic mass is 10.1. The Labute approximate surface area is 144 Å². The van der Waals surface area contributed by atoms with Gasteiger partial charge in [-0.15, -0.1) is 0 Å². The zero-order valence-corrected chi connectivity index (χ0v) is 13.8. The molecule has 1 amide bonds. The van der Waals surface area contributed by atoms with E-state index in [2.05, 4.69) is 5.10 Å². The van der Waals surface area contributed by atoms with Crippen LogP contribution < -0.4 is 5.56 Å². The first-order valence-electron chi connectivity index (χ1n) is 8.17. The number of aliphatic carboxylic acids is 1. The maximum atomic E-state index is 12.8. The van der Waals surface area contributed by atoms with Gasteiger partial charge in [-0.05, 0) is 31.0 Å². The van der Waals surface area contributed by atoms with Gasteiger partial charge in [0.1, 0.15) is 5.69 Å². The van der Waals surface area contributed by atoms with E-state index < -0.39 is 11.9 Å². The Bertz CT molecular complexity index is 843. The second-order valence-corrected chi connectivity index (χ2v) is 6.23. The average molecular weight is 341 g/mol. The molecule has 1 aromatic heterocycles. The number of para-hydroxylation sites is 1. The molecule has 1 N–H and O–H groups in total. The zero-order valence-electron chi connectivity index (χ0n) is 13.8. The van der Waals surface area contributed by atoms with Gasteiger partial charge in [0.05, 0.1) is 11.6 Å². The van der Waals surface area contributed by atoms with E-state index in [9.17, 15) is 14.4 Å². The van der Waals surface area contributed by atoms with Crippen molar-refractivity contribution in [2.24, 2.45) is 5.92 Å². The van der Waals surface area contributed by atoms with Gasteiger partial charge in [-0.2, -0.15) is 9.78 Å². The summed E-state index contributed by atoms with van der Waals surface area (Å²) in [5.41, 5.74) is 0.367. The summed E-state index contributed by atoms with van der Waals surface area (Å²) in [7, 11) is 0. The largest absolute Gasteiger partial charge is 0.481 e. The van der Waals surface area contributed by atoms with Crippen LogP contribution in [-0.4, -0.2) is 44.3 Å². The molecule has 1 aromatic carbocycles.